The first-order valence-electron chi connectivity index (χ1n) is 8.87. The molecule has 2 heterocycles. The van der Waals surface area contributed by atoms with E-state index in [0.29, 0.717) is 13.1 Å². The van der Waals surface area contributed by atoms with Crippen LogP contribution in [-0.2, 0) is 4.79 Å². The zero-order valence-corrected chi connectivity index (χ0v) is 16.6. The summed E-state index contributed by atoms with van der Waals surface area (Å²) in [4.78, 5) is 28.2. The molecule has 0 saturated heterocycles. The van der Waals surface area contributed by atoms with Crippen LogP contribution in [0.1, 0.15) is 21.7 Å². The van der Waals surface area contributed by atoms with Crippen LogP contribution >= 0.6 is 11.8 Å². The highest BCUT2D eigenvalue weighted by Crippen LogP contribution is 2.24. The number of nitrogens with zero attached hydrogens (tertiary/aromatic N) is 2. The SMILES string of the molecule is Cc1cccc(-n2ccnc2SCC(=O)NCCNC(=O)c2ccco2)c1C. The van der Waals surface area contributed by atoms with Crippen LogP contribution in [0.5, 0.6) is 0 Å². The van der Waals surface area contributed by atoms with Gasteiger partial charge in [-0.05, 0) is 43.2 Å². The predicted octanol–water partition coefficient (Wildman–Crippen LogP) is 2.72. The quantitative estimate of drug-likeness (QED) is 0.450. The number of hydrogen-bond donors (Lipinski definition) is 2. The van der Waals surface area contributed by atoms with Gasteiger partial charge in [0.25, 0.3) is 5.91 Å². The summed E-state index contributed by atoms with van der Waals surface area (Å²) in [5.41, 5.74) is 3.44. The topological polar surface area (TPSA) is 89.2 Å². The molecule has 0 atom stereocenters. The first-order valence-corrected chi connectivity index (χ1v) is 9.86. The van der Waals surface area contributed by atoms with E-state index in [1.807, 2.05) is 22.9 Å². The molecular formula is C20H22N4O3S. The van der Waals surface area contributed by atoms with Crippen molar-refractivity contribution in [2.24, 2.45) is 0 Å². The van der Waals surface area contributed by atoms with E-state index < -0.39 is 0 Å². The van der Waals surface area contributed by atoms with E-state index in [1.165, 1.54) is 29.2 Å². The van der Waals surface area contributed by atoms with Gasteiger partial charge < -0.3 is 15.1 Å². The molecule has 1 aromatic carbocycles. The van der Waals surface area contributed by atoms with Gasteiger partial charge in [-0.2, -0.15) is 0 Å². The van der Waals surface area contributed by atoms with Crippen molar-refractivity contribution in [3.05, 3.63) is 65.9 Å². The van der Waals surface area contributed by atoms with Crippen molar-refractivity contribution < 1.29 is 14.0 Å². The Kier molecular flexibility index (Phi) is 6.54. The molecule has 3 rings (SSSR count). The number of aromatic nitrogens is 2. The summed E-state index contributed by atoms with van der Waals surface area (Å²) in [6, 6.07) is 9.35. The highest BCUT2D eigenvalue weighted by Gasteiger charge is 2.12. The second kappa shape index (κ2) is 9.27. The second-order valence-corrected chi connectivity index (χ2v) is 7.11. The molecular weight excluding hydrogens is 376 g/mol. The van der Waals surface area contributed by atoms with Crippen molar-refractivity contribution in [3.63, 3.8) is 0 Å². The third-order valence-electron chi connectivity index (χ3n) is 4.25. The molecule has 0 fully saturated rings. The first kappa shape index (κ1) is 19.8. The van der Waals surface area contributed by atoms with Gasteiger partial charge in [0.1, 0.15) is 0 Å². The highest BCUT2D eigenvalue weighted by atomic mass is 32.2. The molecule has 0 unspecified atom stereocenters. The molecule has 0 saturated carbocycles. The molecule has 2 aromatic heterocycles. The van der Waals surface area contributed by atoms with Gasteiger partial charge in [0.2, 0.25) is 5.91 Å². The number of imidazole rings is 1. The van der Waals surface area contributed by atoms with E-state index in [2.05, 4.69) is 35.5 Å². The number of hydrogen-bond acceptors (Lipinski definition) is 5. The summed E-state index contributed by atoms with van der Waals surface area (Å²) in [5.74, 6) is 0.0747. The van der Waals surface area contributed by atoms with Crippen LogP contribution in [0.2, 0.25) is 0 Å². The summed E-state index contributed by atoms with van der Waals surface area (Å²) >= 11 is 1.37. The minimum absolute atomic E-state index is 0.118. The zero-order chi connectivity index (χ0) is 19.9. The molecule has 0 radical (unpaired) electrons. The van der Waals surface area contributed by atoms with Crippen LogP contribution in [0, 0.1) is 13.8 Å². The largest absolute Gasteiger partial charge is 0.459 e. The number of carbonyl (C=O) groups excluding carboxylic acids is 2. The van der Waals surface area contributed by atoms with Crippen LogP contribution in [0.3, 0.4) is 0 Å². The van der Waals surface area contributed by atoms with Gasteiger partial charge in [-0.3, -0.25) is 14.2 Å². The monoisotopic (exact) mass is 398 g/mol. The first-order chi connectivity index (χ1) is 13.6. The van der Waals surface area contributed by atoms with Crippen molar-refractivity contribution in [2.45, 2.75) is 19.0 Å². The van der Waals surface area contributed by atoms with E-state index in [-0.39, 0.29) is 23.3 Å². The van der Waals surface area contributed by atoms with Gasteiger partial charge in [-0.25, -0.2) is 4.98 Å². The number of rotatable bonds is 8. The van der Waals surface area contributed by atoms with Crippen molar-refractivity contribution >= 4 is 23.6 Å². The molecule has 146 valence electrons. The number of benzene rings is 1. The lowest BCUT2D eigenvalue weighted by Gasteiger charge is -2.12. The van der Waals surface area contributed by atoms with E-state index in [4.69, 9.17) is 4.42 Å². The van der Waals surface area contributed by atoms with E-state index in [9.17, 15) is 9.59 Å². The summed E-state index contributed by atoms with van der Waals surface area (Å²) in [5, 5.41) is 6.22. The fourth-order valence-corrected chi connectivity index (χ4v) is 3.43. The van der Waals surface area contributed by atoms with Gasteiger partial charge in [-0.1, -0.05) is 23.9 Å². The Bertz CT molecular complexity index is 950. The lowest BCUT2D eigenvalue weighted by atomic mass is 10.1. The second-order valence-electron chi connectivity index (χ2n) is 6.17. The normalized spacial score (nSPS) is 10.6. The standard InChI is InChI=1S/C20H22N4O3S/c1-14-5-3-6-16(15(14)2)24-11-10-23-20(24)28-13-18(25)21-8-9-22-19(26)17-7-4-12-27-17/h3-7,10-12H,8-9,13H2,1-2H3,(H,21,25)(H,22,26). The Morgan fingerprint density at radius 1 is 1.14 bits per heavy atom. The van der Waals surface area contributed by atoms with Gasteiger partial charge in [-0.15, -0.1) is 0 Å². The van der Waals surface area contributed by atoms with Crippen molar-refractivity contribution in [1.82, 2.24) is 20.2 Å². The molecule has 0 bridgehead atoms. The molecule has 3 aromatic rings. The van der Waals surface area contributed by atoms with Crippen molar-refractivity contribution in [1.29, 1.82) is 0 Å². The molecule has 0 spiro atoms. The zero-order valence-electron chi connectivity index (χ0n) is 15.8. The fraction of sp³-hybridized carbons (Fsp3) is 0.250. The van der Waals surface area contributed by atoms with Crippen LogP contribution in [0.15, 0.2) is 58.6 Å². The van der Waals surface area contributed by atoms with E-state index in [0.717, 1.165) is 10.8 Å². The molecule has 0 aliphatic heterocycles. The Balaban J connectivity index is 1.46. The van der Waals surface area contributed by atoms with E-state index in [1.54, 1.807) is 18.3 Å². The lowest BCUT2D eigenvalue weighted by molar-refractivity contribution is -0.118. The summed E-state index contributed by atoms with van der Waals surface area (Å²) in [7, 11) is 0. The average Bonchev–Trinajstić information content (AvgIpc) is 3.37. The number of carbonyl (C=O) groups is 2. The van der Waals surface area contributed by atoms with Gasteiger partial charge in [0, 0.05) is 25.5 Å². The van der Waals surface area contributed by atoms with Crippen LogP contribution in [0.25, 0.3) is 5.69 Å². The maximum atomic E-state index is 12.1. The average molecular weight is 398 g/mol. The maximum Gasteiger partial charge on any atom is 0.287 e. The van der Waals surface area contributed by atoms with E-state index >= 15 is 0 Å². The molecule has 0 aliphatic rings. The molecule has 2 amide bonds. The molecule has 0 aliphatic carbocycles. The van der Waals surface area contributed by atoms with Crippen LogP contribution < -0.4 is 10.6 Å². The smallest absolute Gasteiger partial charge is 0.287 e. The van der Waals surface area contributed by atoms with Gasteiger partial charge in [0.05, 0.1) is 17.7 Å². The third-order valence-corrected chi connectivity index (χ3v) is 5.22. The molecule has 2 N–H and O–H groups in total. The Hall–Kier alpha value is -3.00. The fourth-order valence-electron chi connectivity index (χ4n) is 2.63. The number of aryl methyl sites for hydroxylation is 1. The summed E-state index contributed by atoms with van der Waals surface area (Å²) < 4.78 is 6.99. The van der Waals surface area contributed by atoms with Gasteiger partial charge >= 0.3 is 0 Å². The minimum atomic E-state index is -0.302. The number of amides is 2. The highest BCUT2D eigenvalue weighted by molar-refractivity contribution is 7.99. The Labute approximate surface area is 167 Å². The van der Waals surface area contributed by atoms with Crippen molar-refractivity contribution in [2.75, 3.05) is 18.8 Å². The number of nitrogens with one attached hydrogen (secondary N) is 2. The molecule has 28 heavy (non-hydrogen) atoms. The summed E-state index contributed by atoms with van der Waals surface area (Å²) in [6.07, 6.45) is 5.06. The van der Waals surface area contributed by atoms with Crippen molar-refractivity contribution in [3.8, 4) is 5.69 Å². The number of thioether (sulfide) groups is 1. The Morgan fingerprint density at radius 3 is 2.75 bits per heavy atom. The maximum absolute atomic E-state index is 12.1. The van der Waals surface area contributed by atoms with Gasteiger partial charge in [0.15, 0.2) is 10.9 Å². The predicted molar refractivity (Wildman–Crippen MR) is 108 cm³/mol. The Morgan fingerprint density at radius 2 is 1.96 bits per heavy atom. The number of furan rings is 1. The minimum Gasteiger partial charge on any atom is -0.459 e. The van der Waals surface area contributed by atoms with Crippen LogP contribution in [-0.4, -0.2) is 40.2 Å². The molecule has 8 heteroatoms. The molecule has 7 nitrogen and oxygen atoms in total. The third kappa shape index (κ3) is 4.83. The summed E-state index contributed by atoms with van der Waals surface area (Å²) in [6.45, 7) is 4.81. The van der Waals surface area contributed by atoms with Crippen LogP contribution in [0.4, 0.5) is 0 Å². The lowest BCUT2D eigenvalue weighted by Crippen LogP contribution is -2.35.